The van der Waals surface area contributed by atoms with Crippen molar-refractivity contribution in [2.24, 2.45) is 11.7 Å². The van der Waals surface area contributed by atoms with Gasteiger partial charge in [0, 0.05) is 17.2 Å². The van der Waals surface area contributed by atoms with E-state index in [1.54, 1.807) is 6.07 Å². The molecule has 0 radical (unpaired) electrons. The van der Waals surface area contributed by atoms with Gasteiger partial charge in [0.15, 0.2) is 0 Å². The Morgan fingerprint density at radius 1 is 0.765 bits per heavy atom. The van der Waals surface area contributed by atoms with Crippen LogP contribution < -0.4 is 11.1 Å². The van der Waals surface area contributed by atoms with E-state index in [0.29, 0.717) is 17.7 Å². The lowest BCUT2D eigenvalue weighted by atomic mass is 9.95. The number of carbonyl (C=O) groups excluding carboxylic acids is 2. The van der Waals surface area contributed by atoms with E-state index in [4.69, 9.17) is 5.73 Å². The van der Waals surface area contributed by atoms with Crippen LogP contribution in [0.15, 0.2) is 103 Å². The Bertz CT molecular complexity index is 1270. The molecule has 3 N–H and O–H groups in total. The normalized spacial score (nSPS) is 11.6. The first-order valence-corrected chi connectivity index (χ1v) is 11.5. The van der Waals surface area contributed by atoms with Crippen LogP contribution in [0, 0.1) is 5.92 Å². The van der Waals surface area contributed by atoms with Crippen LogP contribution in [0.1, 0.15) is 29.3 Å². The van der Waals surface area contributed by atoms with Crippen molar-refractivity contribution in [2.45, 2.75) is 19.8 Å². The molecule has 0 spiro atoms. The molecule has 0 saturated heterocycles. The maximum absolute atomic E-state index is 12.9. The predicted molar refractivity (Wildman–Crippen MR) is 138 cm³/mol. The molecule has 2 amide bonds. The van der Waals surface area contributed by atoms with Gasteiger partial charge in [0.1, 0.15) is 0 Å². The molecule has 0 bridgehead atoms. The number of amides is 2. The van der Waals surface area contributed by atoms with Crippen LogP contribution >= 0.6 is 0 Å². The first-order chi connectivity index (χ1) is 16.5. The van der Waals surface area contributed by atoms with Gasteiger partial charge in [0.25, 0.3) is 0 Å². The van der Waals surface area contributed by atoms with E-state index in [0.717, 1.165) is 34.2 Å². The number of hydrogen-bond donors (Lipinski definition) is 2. The molecular weight excluding hydrogens is 420 g/mol. The van der Waals surface area contributed by atoms with Gasteiger partial charge in [-0.25, -0.2) is 0 Å². The molecule has 4 aromatic carbocycles. The highest BCUT2D eigenvalue weighted by Crippen LogP contribution is 2.29. The molecule has 34 heavy (non-hydrogen) atoms. The zero-order chi connectivity index (χ0) is 23.9. The summed E-state index contributed by atoms with van der Waals surface area (Å²) < 4.78 is 0. The second kappa shape index (κ2) is 10.6. The fourth-order valence-electron chi connectivity index (χ4n) is 4.12. The van der Waals surface area contributed by atoms with Gasteiger partial charge in [-0.2, -0.15) is 0 Å². The zero-order valence-electron chi connectivity index (χ0n) is 19.2. The van der Waals surface area contributed by atoms with Crippen LogP contribution in [0.2, 0.25) is 0 Å². The monoisotopic (exact) mass is 448 g/mol. The highest BCUT2D eigenvalue weighted by atomic mass is 16.2. The zero-order valence-corrected chi connectivity index (χ0v) is 19.2. The van der Waals surface area contributed by atoms with Crippen molar-refractivity contribution >= 4 is 17.5 Å². The summed E-state index contributed by atoms with van der Waals surface area (Å²) in [5, 5.41) is 2.97. The molecule has 0 fully saturated rings. The minimum absolute atomic E-state index is 0.0678. The van der Waals surface area contributed by atoms with Crippen LogP contribution in [0.4, 0.5) is 5.69 Å². The second-order valence-electron chi connectivity index (χ2n) is 8.35. The van der Waals surface area contributed by atoms with E-state index >= 15 is 0 Å². The van der Waals surface area contributed by atoms with E-state index in [2.05, 4.69) is 17.4 Å². The Balaban J connectivity index is 1.54. The van der Waals surface area contributed by atoms with Crippen molar-refractivity contribution in [3.63, 3.8) is 0 Å². The third kappa shape index (κ3) is 5.41. The van der Waals surface area contributed by atoms with Gasteiger partial charge < -0.3 is 11.1 Å². The van der Waals surface area contributed by atoms with Gasteiger partial charge in [-0.3, -0.25) is 9.59 Å². The minimum Gasteiger partial charge on any atom is -0.366 e. The number of hydrogen-bond acceptors (Lipinski definition) is 2. The molecule has 4 rings (SSSR count). The molecule has 0 saturated carbocycles. The summed E-state index contributed by atoms with van der Waals surface area (Å²) >= 11 is 0. The van der Waals surface area contributed by atoms with E-state index in [-0.39, 0.29) is 11.8 Å². The van der Waals surface area contributed by atoms with Crippen LogP contribution in [-0.4, -0.2) is 11.8 Å². The molecule has 4 nitrogen and oxygen atoms in total. The largest absolute Gasteiger partial charge is 0.366 e. The highest BCUT2D eigenvalue weighted by Gasteiger charge is 2.18. The number of primary amides is 1. The van der Waals surface area contributed by atoms with Crippen LogP contribution in [0.3, 0.4) is 0 Å². The first kappa shape index (κ1) is 23.0. The van der Waals surface area contributed by atoms with Crippen molar-refractivity contribution < 1.29 is 9.59 Å². The molecule has 1 unspecified atom stereocenters. The third-order valence-corrected chi connectivity index (χ3v) is 6.04. The summed E-state index contributed by atoms with van der Waals surface area (Å²) in [6.07, 6.45) is 1.38. The van der Waals surface area contributed by atoms with Gasteiger partial charge in [-0.05, 0) is 52.8 Å². The van der Waals surface area contributed by atoms with Gasteiger partial charge in [0.2, 0.25) is 11.8 Å². The molecule has 0 aromatic heterocycles. The van der Waals surface area contributed by atoms with Crippen LogP contribution in [0.5, 0.6) is 0 Å². The minimum atomic E-state index is -0.533. The van der Waals surface area contributed by atoms with Crippen molar-refractivity contribution in [3.8, 4) is 22.3 Å². The van der Waals surface area contributed by atoms with E-state index in [1.807, 2.05) is 91.9 Å². The predicted octanol–water partition coefficient (Wildman–Crippen LogP) is 6.33. The number of anilines is 1. The van der Waals surface area contributed by atoms with Crippen molar-refractivity contribution in [1.82, 2.24) is 0 Å². The summed E-state index contributed by atoms with van der Waals surface area (Å²) in [5.41, 5.74) is 11.6. The molecule has 0 aliphatic rings. The molecule has 4 heteroatoms. The van der Waals surface area contributed by atoms with E-state index < -0.39 is 5.91 Å². The highest BCUT2D eigenvalue weighted by molar-refractivity contribution is 6.02. The van der Waals surface area contributed by atoms with E-state index in [9.17, 15) is 9.59 Å². The lowest BCUT2D eigenvalue weighted by Gasteiger charge is -2.16. The summed E-state index contributed by atoms with van der Waals surface area (Å²) in [7, 11) is 0. The topological polar surface area (TPSA) is 72.2 Å². The lowest BCUT2D eigenvalue weighted by molar-refractivity contribution is -0.119. The molecule has 0 aliphatic heterocycles. The SMILES string of the molecule is CCC(Cc1ccccc1)C(=O)Nc1ccc(-c2ccc(-c3ccccc3)cc2)c(C(N)=O)c1. The lowest BCUT2D eigenvalue weighted by Crippen LogP contribution is -2.24. The number of rotatable bonds is 8. The summed E-state index contributed by atoms with van der Waals surface area (Å²) in [5.74, 6) is -0.763. The van der Waals surface area contributed by atoms with Crippen LogP contribution in [-0.2, 0) is 11.2 Å². The molecule has 1 atom stereocenters. The van der Waals surface area contributed by atoms with Crippen molar-refractivity contribution in [2.75, 3.05) is 5.32 Å². The average Bonchev–Trinajstić information content (AvgIpc) is 2.88. The fourth-order valence-corrected chi connectivity index (χ4v) is 4.12. The van der Waals surface area contributed by atoms with E-state index in [1.165, 1.54) is 0 Å². The smallest absolute Gasteiger partial charge is 0.249 e. The molecule has 4 aromatic rings. The molecule has 170 valence electrons. The second-order valence-corrected chi connectivity index (χ2v) is 8.35. The summed E-state index contributed by atoms with van der Waals surface area (Å²) in [6, 6.07) is 33.4. The summed E-state index contributed by atoms with van der Waals surface area (Å²) in [6.45, 7) is 2.00. The number of nitrogens with one attached hydrogen (secondary N) is 1. The molecule has 0 aliphatic carbocycles. The Morgan fingerprint density at radius 2 is 1.35 bits per heavy atom. The van der Waals surface area contributed by atoms with Gasteiger partial charge in [0.05, 0.1) is 0 Å². The van der Waals surface area contributed by atoms with Crippen LogP contribution in [0.25, 0.3) is 22.3 Å². The fraction of sp³-hybridized carbons (Fsp3) is 0.133. The Hall–Kier alpha value is -4.18. The van der Waals surface area contributed by atoms with Crippen molar-refractivity contribution in [1.29, 1.82) is 0 Å². The maximum atomic E-state index is 12.9. The standard InChI is InChI=1S/C30H28N2O2/c1-2-22(19-21-9-5-3-6-10-21)30(34)32-26-17-18-27(28(20-26)29(31)33)25-15-13-24(14-16-25)23-11-7-4-8-12-23/h3-18,20,22H,2,19H2,1H3,(H2,31,33)(H,32,34). The maximum Gasteiger partial charge on any atom is 0.249 e. The first-order valence-electron chi connectivity index (χ1n) is 11.5. The molecule has 0 heterocycles. The Morgan fingerprint density at radius 3 is 1.97 bits per heavy atom. The number of benzene rings is 4. The summed E-state index contributed by atoms with van der Waals surface area (Å²) in [4.78, 5) is 25.2. The Labute approximate surface area is 200 Å². The average molecular weight is 449 g/mol. The van der Waals surface area contributed by atoms with Crippen molar-refractivity contribution in [3.05, 3.63) is 114 Å². The quantitative estimate of drug-likeness (QED) is 0.331. The molecular formula is C30H28N2O2. The number of carbonyl (C=O) groups is 2. The number of nitrogens with two attached hydrogens (primary N) is 1. The van der Waals surface area contributed by atoms with Gasteiger partial charge >= 0.3 is 0 Å². The van der Waals surface area contributed by atoms with Gasteiger partial charge in [-0.15, -0.1) is 0 Å². The Kier molecular flexibility index (Phi) is 7.19. The van der Waals surface area contributed by atoms with Gasteiger partial charge in [-0.1, -0.05) is 97.9 Å². The third-order valence-electron chi connectivity index (χ3n) is 6.04.